The van der Waals surface area contributed by atoms with Crippen molar-refractivity contribution in [2.75, 3.05) is 11.9 Å². The summed E-state index contributed by atoms with van der Waals surface area (Å²) in [5.74, 6) is -0.434. The van der Waals surface area contributed by atoms with Crippen LogP contribution in [0.2, 0.25) is 0 Å². The summed E-state index contributed by atoms with van der Waals surface area (Å²) in [5, 5.41) is 11.6. The van der Waals surface area contributed by atoms with E-state index < -0.39 is 0 Å². The summed E-state index contributed by atoms with van der Waals surface area (Å²) < 4.78 is 4.90. The van der Waals surface area contributed by atoms with Crippen LogP contribution >= 0.6 is 0 Å². The molecule has 0 aliphatic heterocycles. The Morgan fingerprint density at radius 3 is 2.56 bits per heavy atom. The van der Waals surface area contributed by atoms with E-state index in [0.29, 0.717) is 30.7 Å². The minimum absolute atomic E-state index is 0.211. The van der Waals surface area contributed by atoms with E-state index in [1.807, 2.05) is 18.2 Å². The monoisotopic (exact) mass is 336 g/mol. The fraction of sp³-hybridized carbons (Fsp3) is 0.250. The van der Waals surface area contributed by atoms with Gasteiger partial charge in [0.05, 0.1) is 19.1 Å². The van der Waals surface area contributed by atoms with Gasteiger partial charge < -0.3 is 10.1 Å². The van der Waals surface area contributed by atoms with E-state index in [4.69, 9.17) is 10.00 Å². The second-order valence-corrected chi connectivity index (χ2v) is 5.49. The van der Waals surface area contributed by atoms with Crippen molar-refractivity contribution in [3.05, 3.63) is 65.2 Å². The first kappa shape index (κ1) is 18.2. The first-order chi connectivity index (χ1) is 12.1. The van der Waals surface area contributed by atoms with E-state index in [1.165, 1.54) is 0 Å². The van der Waals surface area contributed by atoms with Crippen LogP contribution in [0.4, 0.5) is 5.69 Å². The lowest BCUT2D eigenvalue weighted by molar-refractivity contribution is -0.143. The minimum atomic E-state index is -0.223. The number of amides is 1. The summed E-state index contributed by atoms with van der Waals surface area (Å²) in [6, 6.07) is 16.4. The molecule has 5 nitrogen and oxygen atoms in total. The Bertz CT molecular complexity index is 776. The third-order valence-corrected chi connectivity index (χ3v) is 3.61. The summed E-state index contributed by atoms with van der Waals surface area (Å²) in [6.45, 7) is 2.17. The molecule has 0 aliphatic carbocycles. The standard InChI is InChI=1S/C20H20N2O3/c1-2-25-19(23)11-8-15-6-9-18(10-7-15)22-20(24)17-5-3-4-16(14-17)12-13-21/h3-7,9-10,14H,2,8,11-12H2,1H3,(H,22,24). The zero-order valence-electron chi connectivity index (χ0n) is 14.1. The molecule has 1 amide bonds. The molecule has 0 saturated heterocycles. The minimum Gasteiger partial charge on any atom is -0.466 e. The van der Waals surface area contributed by atoms with E-state index in [0.717, 1.165) is 11.1 Å². The molecule has 1 N–H and O–H groups in total. The predicted octanol–water partition coefficient (Wildman–Crippen LogP) is 3.50. The molecular weight excluding hydrogens is 316 g/mol. The molecule has 25 heavy (non-hydrogen) atoms. The Hall–Kier alpha value is -3.13. The lowest BCUT2D eigenvalue weighted by atomic mass is 10.1. The maximum absolute atomic E-state index is 12.3. The summed E-state index contributed by atoms with van der Waals surface area (Å²) in [7, 11) is 0. The van der Waals surface area contributed by atoms with Gasteiger partial charge in [-0.05, 0) is 48.7 Å². The summed E-state index contributed by atoms with van der Waals surface area (Å²) in [5.41, 5.74) is 3.00. The normalized spacial score (nSPS) is 9.92. The van der Waals surface area contributed by atoms with Crippen molar-refractivity contribution in [1.29, 1.82) is 5.26 Å². The number of nitrogens with zero attached hydrogens (tertiary/aromatic N) is 1. The number of aryl methyl sites for hydroxylation is 1. The Morgan fingerprint density at radius 1 is 1.12 bits per heavy atom. The molecular formula is C20H20N2O3. The number of hydrogen-bond donors (Lipinski definition) is 1. The highest BCUT2D eigenvalue weighted by Crippen LogP contribution is 2.14. The van der Waals surface area contributed by atoms with Gasteiger partial charge in [0.25, 0.3) is 5.91 Å². The molecule has 0 fully saturated rings. The molecule has 0 saturated carbocycles. The number of rotatable bonds is 7. The maximum Gasteiger partial charge on any atom is 0.306 e. The Balaban J connectivity index is 1.94. The molecule has 0 bridgehead atoms. The number of carbonyl (C=O) groups is 2. The quantitative estimate of drug-likeness (QED) is 0.785. The number of nitrogens with one attached hydrogen (secondary N) is 1. The van der Waals surface area contributed by atoms with Crippen LogP contribution in [0, 0.1) is 11.3 Å². The molecule has 0 aromatic heterocycles. The number of esters is 1. The average Bonchev–Trinajstić information content (AvgIpc) is 2.62. The molecule has 0 spiro atoms. The van der Waals surface area contributed by atoms with Crippen LogP contribution in [0.5, 0.6) is 0 Å². The number of hydrogen-bond acceptors (Lipinski definition) is 4. The second kappa shape index (κ2) is 9.24. The van der Waals surface area contributed by atoms with Gasteiger partial charge in [0.15, 0.2) is 0 Å². The molecule has 2 aromatic rings. The second-order valence-electron chi connectivity index (χ2n) is 5.49. The fourth-order valence-electron chi connectivity index (χ4n) is 2.35. The Kier molecular flexibility index (Phi) is 6.73. The van der Waals surface area contributed by atoms with Crippen LogP contribution in [0.15, 0.2) is 48.5 Å². The van der Waals surface area contributed by atoms with E-state index in [-0.39, 0.29) is 18.3 Å². The van der Waals surface area contributed by atoms with Gasteiger partial charge in [-0.25, -0.2) is 0 Å². The predicted molar refractivity (Wildman–Crippen MR) is 95.1 cm³/mol. The molecule has 0 radical (unpaired) electrons. The smallest absolute Gasteiger partial charge is 0.306 e. The number of benzene rings is 2. The van der Waals surface area contributed by atoms with Crippen molar-refractivity contribution < 1.29 is 14.3 Å². The van der Waals surface area contributed by atoms with Gasteiger partial charge in [0.1, 0.15) is 0 Å². The number of ether oxygens (including phenoxy) is 1. The molecule has 2 rings (SSSR count). The van der Waals surface area contributed by atoms with Crippen LogP contribution in [0.25, 0.3) is 0 Å². The van der Waals surface area contributed by atoms with Gasteiger partial charge in [-0.2, -0.15) is 5.26 Å². The van der Waals surface area contributed by atoms with E-state index in [2.05, 4.69) is 11.4 Å². The summed E-state index contributed by atoms with van der Waals surface area (Å²) in [6.07, 6.45) is 1.21. The molecule has 0 heterocycles. The highest BCUT2D eigenvalue weighted by molar-refractivity contribution is 6.04. The lowest BCUT2D eigenvalue weighted by Crippen LogP contribution is -2.12. The van der Waals surface area contributed by atoms with Crippen molar-refractivity contribution >= 4 is 17.6 Å². The van der Waals surface area contributed by atoms with Gasteiger partial charge in [0.2, 0.25) is 0 Å². The molecule has 128 valence electrons. The number of carbonyl (C=O) groups excluding carboxylic acids is 2. The SMILES string of the molecule is CCOC(=O)CCc1ccc(NC(=O)c2cccc(CC#N)c2)cc1. The van der Waals surface area contributed by atoms with Gasteiger partial charge in [0, 0.05) is 17.7 Å². The molecule has 0 aliphatic rings. The largest absolute Gasteiger partial charge is 0.466 e. The van der Waals surface area contributed by atoms with E-state index in [1.54, 1.807) is 37.3 Å². The van der Waals surface area contributed by atoms with Gasteiger partial charge in [-0.1, -0.05) is 24.3 Å². The van der Waals surface area contributed by atoms with Gasteiger partial charge in [-0.15, -0.1) is 0 Å². The number of nitriles is 1. The van der Waals surface area contributed by atoms with Crippen LogP contribution in [0.3, 0.4) is 0 Å². The van der Waals surface area contributed by atoms with Crippen molar-refractivity contribution in [2.45, 2.75) is 26.2 Å². The van der Waals surface area contributed by atoms with Crippen LogP contribution in [-0.4, -0.2) is 18.5 Å². The summed E-state index contributed by atoms with van der Waals surface area (Å²) in [4.78, 5) is 23.6. The highest BCUT2D eigenvalue weighted by atomic mass is 16.5. The van der Waals surface area contributed by atoms with Crippen LogP contribution in [-0.2, 0) is 22.4 Å². The van der Waals surface area contributed by atoms with Crippen molar-refractivity contribution in [3.63, 3.8) is 0 Å². The molecule has 2 aromatic carbocycles. The lowest BCUT2D eigenvalue weighted by Gasteiger charge is -2.07. The maximum atomic E-state index is 12.3. The average molecular weight is 336 g/mol. The third-order valence-electron chi connectivity index (χ3n) is 3.61. The van der Waals surface area contributed by atoms with Crippen molar-refractivity contribution in [3.8, 4) is 6.07 Å². The van der Waals surface area contributed by atoms with Gasteiger partial charge in [-0.3, -0.25) is 9.59 Å². The molecule has 0 unspecified atom stereocenters. The summed E-state index contributed by atoms with van der Waals surface area (Å²) >= 11 is 0. The van der Waals surface area contributed by atoms with E-state index in [9.17, 15) is 9.59 Å². The molecule has 5 heteroatoms. The first-order valence-corrected chi connectivity index (χ1v) is 8.14. The van der Waals surface area contributed by atoms with Crippen molar-refractivity contribution in [2.24, 2.45) is 0 Å². The Labute approximate surface area is 147 Å². The van der Waals surface area contributed by atoms with Crippen molar-refractivity contribution in [1.82, 2.24) is 0 Å². The topological polar surface area (TPSA) is 79.2 Å². The zero-order chi connectivity index (χ0) is 18.1. The zero-order valence-corrected chi connectivity index (χ0v) is 14.1. The Morgan fingerprint density at radius 2 is 1.88 bits per heavy atom. The molecule has 0 atom stereocenters. The van der Waals surface area contributed by atoms with Gasteiger partial charge >= 0.3 is 5.97 Å². The van der Waals surface area contributed by atoms with Crippen LogP contribution < -0.4 is 5.32 Å². The van der Waals surface area contributed by atoms with E-state index >= 15 is 0 Å². The number of anilines is 1. The third kappa shape index (κ3) is 5.78. The first-order valence-electron chi connectivity index (χ1n) is 8.14. The van der Waals surface area contributed by atoms with Crippen LogP contribution in [0.1, 0.15) is 34.8 Å². The fourth-order valence-corrected chi connectivity index (χ4v) is 2.35. The highest BCUT2D eigenvalue weighted by Gasteiger charge is 2.07.